The Morgan fingerprint density at radius 2 is 2.13 bits per heavy atom. The van der Waals surface area contributed by atoms with E-state index in [1.165, 1.54) is 23.1 Å². The van der Waals surface area contributed by atoms with Crippen molar-refractivity contribution in [2.75, 3.05) is 5.88 Å². The van der Waals surface area contributed by atoms with Gasteiger partial charge in [-0.2, -0.15) is 0 Å². The van der Waals surface area contributed by atoms with E-state index in [2.05, 4.69) is 10.2 Å². The molecule has 0 radical (unpaired) electrons. The smallest absolute Gasteiger partial charge is 0.238 e. The van der Waals surface area contributed by atoms with Crippen molar-refractivity contribution in [2.24, 2.45) is 0 Å². The minimum Gasteiger partial charge on any atom is -0.332 e. The summed E-state index contributed by atoms with van der Waals surface area (Å²) in [5.74, 6) is -1.08. The second-order valence-corrected chi connectivity index (χ2v) is 5.71. The van der Waals surface area contributed by atoms with E-state index in [-0.39, 0.29) is 29.9 Å². The Hall–Kier alpha value is -2.02. The standard InChI is InChI=1S/C15H15ClF2N4O/c16-6-15(23)22(8-11-12(17)2-1-3-13(11)18)10-4-5-14-20-19-9-21(14)7-10/h1-3,9-10H,4-8H2. The summed E-state index contributed by atoms with van der Waals surface area (Å²) in [6.07, 6.45) is 2.89. The molecule has 0 aliphatic carbocycles. The summed E-state index contributed by atoms with van der Waals surface area (Å²) in [5, 5.41) is 7.83. The second kappa shape index (κ2) is 6.62. The number of amides is 1. The number of fused-ring (bicyclic) bond motifs is 1. The van der Waals surface area contributed by atoms with Crippen molar-refractivity contribution >= 4 is 17.5 Å². The maximum absolute atomic E-state index is 13.9. The summed E-state index contributed by atoms with van der Waals surface area (Å²) in [6.45, 7) is 0.340. The molecule has 8 heteroatoms. The van der Waals surface area contributed by atoms with E-state index < -0.39 is 11.6 Å². The minimum atomic E-state index is -0.668. The van der Waals surface area contributed by atoms with Crippen molar-refractivity contribution in [1.82, 2.24) is 19.7 Å². The molecule has 1 amide bonds. The molecule has 1 atom stereocenters. The molecule has 1 aliphatic rings. The van der Waals surface area contributed by atoms with Crippen LogP contribution in [0.15, 0.2) is 24.5 Å². The highest BCUT2D eigenvalue weighted by atomic mass is 35.5. The van der Waals surface area contributed by atoms with Crippen molar-refractivity contribution < 1.29 is 13.6 Å². The van der Waals surface area contributed by atoms with Crippen LogP contribution in [-0.4, -0.2) is 37.5 Å². The molecule has 0 N–H and O–H groups in total. The molecule has 1 aromatic carbocycles. The summed E-state index contributed by atoms with van der Waals surface area (Å²) in [4.78, 5) is 13.6. The molecule has 2 aromatic rings. The lowest BCUT2D eigenvalue weighted by molar-refractivity contribution is -0.132. The highest BCUT2D eigenvalue weighted by Crippen LogP contribution is 2.22. The van der Waals surface area contributed by atoms with Crippen molar-refractivity contribution in [3.05, 3.63) is 47.5 Å². The largest absolute Gasteiger partial charge is 0.332 e. The number of carbonyl (C=O) groups excluding carboxylic acids is 1. The number of aromatic nitrogens is 3. The van der Waals surface area contributed by atoms with Gasteiger partial charge in [-0.15, -0.1) is 21.8 Å². The van der Waals surface area contributed by atoms with Crippen LogP contribution in [0.1, 0.15) is 17.8 Å². The van der Waals surface area contributed by atoms with Crippen molar-refractivity contribution in [2.45, 2.75) is 32.0 Å². The molecular weight excluding hydrogens is 326 g/mol. The van der Waals surface area contributed by atoms with Crippen molar-refractivity contribution in [1.29, 1.82) is 0 Å². The third-order valence-corrected chi connectivity index (χ3v) is 4.30. The molecule has 0 fully saturated rings. The minimum absolute atomic E-state index is 0.125. The van der Waals surface area contributed by atoms with E-state index in [1.54, 1.807) is 6.33 Å². The fourth-order valence-electron chi connectivity index (χ4n) is 2.84. The molecule has 0 bridgehead atoms. The van der Waals surface area contributed by atoms with E-state index in [1.807, 2.05) is 4.57 Å². The third-order valence-electron chi connectivity index (χ3n) is 4.07. The van der Waals surface area contributed by atoms with Crippen molar-refractivity contribution in [3.63, 3.8) is 0 Å². The van der Waals surface area contributed by atoms with Crippen LogP contribution in [0.5, 0.6) is 0 Å². The molecular formula is C15H15ClF2N4O. The first kappa shape index (κ1) is 15.9. The Labute approximate surface area is 136 Å². The first-order chi connectivity index (χ1) is 11.1. The average molecular weight is 341 g/mol. The van der Waals surface area contributed by atoms with Gasteiger partial charge in [-0.25, -0.2) is 8.78 Å². The predicted molar refractivity (Wildman–Crippen MR) is 79.8 cm³/mol. The fourth-order valence-corrected chi connectivity index (χ4v) is 3.00. The van der Waals surface area contributed by atoms with E-state index in [4.69, 9.17) is 11.6 Å². The van der Waals surface area contributed by atoms with Crippen LogP contribution in [0, 0.1) is 11.6 Å². The van der Waals surface area contributed by atoms with Gasteiger partial charge in [0.1, 0.15) is 29.7 Å². The lowest BCUT2D eigenvalue weighted by Gasteiger charge is -2.34. The van der Waals surface area contributed by atoms with Gasteiger partial charge < -0.3 is 9.47 Å². The first-order valence-corrected chi connectivity index (χ1v) is 7.78. The van der Waals surface area contributed by atoms with Gasteiger partial charge in [-0.05, 0) is 18.6 Å². The number of rotatable bonds is 4. The fraction of sp³-hybridized carbons (Fsp3) is 0.400. The highest BCUT2D eigenvalue weighted by molar-refractivity contribution is 6.27. The first-order valence-electron chi connectivity index (χ1n) is 7.25. The van der Waals surface area contributed by atoms with Crippen LogP contribution >= 0.6 is 11.6 Å². The monoisotopic (exact) mass is 340 g/mol. The number of hydrogen-bond acceptors (Lipinski definition) is 3. The molecule has 0 saturated carbocycles. The zero-order chi connectivity index (χ0) is 16.4. The Balaban J connectivity index is 1.86. The maximum Gasteiger partial charge on any atom is 0.238 e. The molecule has 1 aromatic heterocycles. The van der Waals surface area contributed by atoms with Gasteiger partial charge >= 0.3 is 0 Å². The van der Waals surface area contributed by atoms with Gasteiger partial charge in [0, 0.05) is 18.5 Å². The van der Waals surface area contributed by atoms with Gasteiger partial charge in [0.05, 0.1) is 12.6 Å². The van der Waals surface area contributed by atoms with Crippen LogP contribution < -0.4 is 0 Å². The molecule has 0 saturated heterocycles. The quantitative estimate of drug-likeness (QED) is 0.801. The van der Waals surface area contributed by atoms with E-state index in [9.17, 15) is 13.6 Å². The molecule has 5 nitrogen and oxygen atoms in total. The van der Waals surface area contributed by atoms with Crippen LogP contribution in [0.2, 0.25) is 0 Å². The van der Waals surface area contributed by atoms with Crippen LogP contribution in [-0.2, 0) is 24.3 Å². The Kier molecular flexibility index (Phi) is 4.56. The summed E-state index contributed by atoms with van der Waals surface area (Å²) in [5.41, 5.74) is -0.125. The summed E-state index contributed by atoms with van der Waals surface area (Å²) < 4.78 is 29.6. The zero-order valence-electron chi connectivity index (χ0n) is 12.3. The van der Waals surface area contributed by atoms with E-state index in [0.29, 0.717) is 19.4 Å². The summed E-state index contributed by atoms with van der Waals surface area (Å²) in [6, 6.07) is 3.45. The average Bonchev–Trinajstić information content (AvgIpc) is 3.01. The van der Waals surface area contributed by atoms with Gasteiger partial charge in [-0.1, -0.05) is 6.07 Å². The summed E-state index contributed by atoms with van der Waals surface area (Å²) >= 11 is 5.68. The molecule has 1 unspecified atom stereocenters. The van der Waals surface area contributed by atoms with Gasteiger partial charge in [0.15, 0.2) is 0 Å². The van der Waals surface area contributed by atoms with E-state index in [0.717, 1.165) is 5.82 Å². The lowest BCUT2D eigenvalue weighted by Crippen LogP contribution is -2.45. The lowest BCUT2D eigenvalue weighted by atomic mass is 10.0. The molecule has 0 spiro atoms. The number of halogens is 3. The topological polar surface area (TPSA) is 51.0 Å². The third kappa shape index (κ3) is 3.19. The van der Waals surface area contributed by atoms with Gasteiger partial charge in [0.25, 0.3) is 0 Å². The number of hydrogen-bond donors (Lipinski definition) is 0. The SMILES string of the molecule is O=C(CCl)N(Cc1c(F)cccc1F)C1CCc2nncn2C1. The Bertz CT molecular complexity index is 701. The summed E-state index contributed by atoms with van der Waals surface area (Å²) in [7, 11) is 0. The molecule has 1 aliphatic heterocycles. The second-order valence-electron chi connectivity index (χ2n) is 5.45. The number of aryl methyl sites for hydroxylation is 1. The van der Waals surface area contributed by atoms with Crippen molar-refractivity contribution in [3.8, 4) is 0 Å². The van der Waals surface area contributed by atoms with E-state index >= 15 is 0 Å². The number of benzene rings is 1. The molecule has 23 heavy (non-hydrogen) atoms. The van der Waals surface area contributed by atoms with Crippen LogP contribution in [0.25, 0.3) is 0 Å². The number of nitrogens with zero attached hydrogens (tertiary/aromatic N) is 4. The number of carbonyl (C=O) groups is 1. The zero-order valence-corrected chi connectivity index (χ0v) is 13.0. The number of alkyl halides is 1. The van der Waals surface area contributed by atoms with Crippen LogP contribution in [0.3, 0.4) is 0 Å². The van der Waals surface area contributed by atoms with Gasteiger partial charge in [0.2, 0.25) is 5.91 Å². The van der Waals surface area contributed by atoms with Gasteiger partial charge in [-0.3, -0.25) is 4.79 Å². The maximum atomic E-state index is 13.9. The van der Waals surface area contributed by atoms with Crippen LogP contribution in [0.4, 0.5) is 8.78 Å². The molecule has 2 heterocycles. The Morgan fingerprint density at radius 1 is 1.39 bits per heavy atom. The Morgan fingerprint density at radius 3 is 2.83 bits per heavy atom. The highest BCUT2D eigenvalue weighted by Gasteiger charge is 2.29. The molecule has 3 rings (SSSR count). The molecule has 122 valence electrons. The predicted octanol–water partition coefficient (Wildman–Crippen LogP) is 2.14. The normalized spacial score (nSPS) is 16.9.